The molecular weight excluding hydrogens is 924 g/mol. The SMILES string of the molecule is CCCCCCCCCCCCOC(=O)C(C)OC(=O)c1ccc(Cl)c(NC(=O)C(C(=O)Nc2cc(C(=O)OC(C)C(=O)OC)ccc2Cl)n2nc3c(Cl)c(C)c(Cl)c(Cl)c3n2)c1. The second-order valence-corrected chi connectivity index (χ2v) is 16.5. The van der Waals surface area contributed by atoms with Crippen LogP contribution in [0.3, 0.4) is 0 Å². The van der Waals surface area contributed by atoms with E-state index in [9.17, 15) is 28.8 Å². The number of halogens is 5. The smallest absolute Gasteiger partial charge is 0.347 e. The van der Waals surface area contributed by atoms with E-state index in [-0.39, 0.29) is 65.3 Å². The number of benzene rings is 3. The van der Waals surface area contributed by atoms with Crippen LogP contribution in [0.5, 0.6) is 0 Å². The van der Waals surface area contributed by atoms with Gasteiger partial charge in [-0.15, -0.1) is 0 Å². The second kappa shape index (κ2) is 24.4. The van der Waals surface area contributed by atoms with Gasteiger partial charge in [-0.3, -0.25) is 9.59 Å². The third-order valence-corrected chi connectivity index (χ3v) is 11.8. The molecule has 2 amide bonds. The number of methoxy groups -OCH3 is 1. The van der Waals surface area contributed by atoms with Crippen LogP contribution in [0.25, 0.3) is 11.0 Å². The number of nitrogens with one attached hydrogen (secondary N) is 2. The third-order valence-electron chi connectivity index (χ3n) is 9.72. The molecule has 3 unspecified atom stereocenters. The van der Waals surface area contributed by atoms with Gasteiger partial charge < -0.3 is 29.6 Å². The van der Waals surface area contributed by atoms with E-state index in [1.165, 1.54) is 82.7 Å². The van der Waals surface area contributed by atoms with Gasteiger partial charge in [0.25, 0.3) is 11.8 Å². The van der Waals surface area contributed by atoms with Gasteiger partial charge >= 0.3 is 23.9 Å². The number of rotatable bonds is 22. The average molecular weight is 972 g/mol. The van der Waals surface area contributed by atoms with Gasteiger partial charge in [-0.1, -0.05) is 123 Å². The van der Waals surface area contributed by atoms with Gasteiger partial charge in [0.15, 0.2) is 12.2 Å². The first-order chi connectivity index (χ1) is 30.0. The number of unbranched alkanes of at least 4 members (excludes halogenated alkanes) is 9. The van der Waals surface area contributed by atoms with Crippen molar-refractivity contribution in [3.05, 3.63) is 78.2 Å². The van der Waals surface area contributed by atoms with E-state index in [2.05, 4.69) is 32.5 Å². The summed E-state index contributed by atoms with van der Waals surface area (Å²) in [6, 6.07) is 5.54. The predicted octanol–water partition coefficient (Wildman–Crippen LogP) is 10.6. The summed E-state index contributed by atoms with van der Waals surface area (Å²) in [6.45, 7) is 6.66. The Labute approximate surface area is 389 Å². The Morgan fingerprint density at radius 1 is 0.635 bits per heavy atom. The number of nitrogens with zero attached hydrogens (tertiary/aromatic N) is 3. The summed E-state index contributed by atoms with van der Waals surface area (Å²) in [5.74, 6) is -5.57. The third kappa shape index (κ3) is 13.9. The van der Waals surface area contributed by atoms with Crippen molar-refractivity contribution in [2.45, 2.75) is 110 Å². The first-order valence-electron chi connectivity index (χ1n) is 20.3. The highest BCUT2D eigenvalue weighted by atomic mass is 35.5. The number of hydrogen-bond acceptors (Lipinski definition) is 12. The van der Waals surface area contributed by atoms with Crippen molar-refractivity contribution < 1.29 is 47.7 Å². The number of hydrogen-bond donors (Lipinski definition) is 2. The molecule has 0 radical (unpaired) electrons. The number of esters is 4. The van der Waals surface area contributed by atoms with Gasteiger partial charge in [0.05, 0.1) is 61.3 Å². The van der Waals surface area contributed by atoms with Gasteiger partial charge in [-0.2, -0.15) is 15.0 Å². The minimum absolute atomic E-state index is 0.00980. The lowest BCUT2D eigenvalue weighted by molar-refractivity contribution is -0.153. The first kappa shape index (κ1) is 51.0. The molecular formula is C43H48Cl5N5O10. The zero-order valence-corrected chi connectivity index (χ0v) is 39.1. The first-order valence-corrected chi connectivity index (χ1v) is 22.1. The molecule has 63 heavy (non-hydrogen) atoms. The van der Waals surface area contributed by atoms with Gasteiger partial charge in [0, 0.05) is 0 Å². The zero-order valence-electron chi connectivity index (χ0n) is 35.3. The van der Waals surface area contributed by atoms with Crippen molar-refractivity contribution in [1.82, 2.24) is 15.0 Å². The van der Waals surface area contributed by atoms with Crippen molar-refractivity contribution in [3.63, 3.8) is 0 Å². The number of amides is 2. The summed E-state index contributed by atoms with van der Waals surface area (Å²) in [7, 11) is 1.13. The maximum absolute atomic E-state index is 14.2. The molecule has 0 bridgehead atoms. The van der Waals surface area contributed by atoms with Crippen molar-refractivity contribution >= 4 is 116 Å². The van der Waals surface area contributed by atoms with E-state index in [0.29, 0.717) is 12.0 Å². The van der Waals surface area contributed by atoms with Gasteiger partial charge in [-0.05, 0) is 69.2 Å². The summed E-state index contributed by atoms with van der Waals surface area (Å²) >= 11 is 32.2. The molecule has 0 spiro atoms. The van der Waals surface area contributed by atoms with Crippen LogP contribution in [-0.2, 0) is 38.1 Å². The van der Waals surface area contributed by atoms with Crippen LogP contribution in [-0.4, -0.2) is 76.6 Å². The molecule has 2 N–H and O–H groups in total. The number of fused-ring (bicyclic) bond motifs is 1. The fraction of sp³-hybridized carbons (Fsp3) is 0.442. The lowest BCUT2D eigenvalue weighted by Gasteiger charge is -2.18. The highest BCUT2D eigenvalue weighted by Gasteiger charge is 2.34. The molecule has 15 nitrogen and oxygen atoms in total. The quantitative estimate of drug-likeness (QED) is 0.0249. The Hall–Kier alpha value is -4.67. The molecule has 340 valence electrons. The minimum Gasteiger partial charge on any atom is -0.466 e. The summed E-state index contributed by atoms with van der Waals surface area (Å²) in [4.78, 5) is 79.6. The molecule has 0 fully saturated rings. The molecule has 0 aliphatic heterocycles. The van der Waals surface area contributed by atoms with Crippen LogP contribution in [0.2, 0.25) is 25.1 Å². The Morgan fingerprint density at radius 2 is 1.08 bits per heavy atom. The summed E-state index contributed by atoms with van der Waals surface area (Å²) in [5.41, 5.74) is -0.180. The number of anilines is 2. The fourth-order valence-corrected chi connectivity index (χ4v) is 7.15. The van der Waals surface area contributed by atoms with E-state index < -0.39 is 53.9 Å². The Morgan fingerprint density at radius 3 is 1.56 bits per heavy atom. The second-order valence-electron chi connectivity index (χ2n) is 14.5. The molecule has 3 atom stereocenters. The zero-order chi connectivity index (χ0) is 46.4. The molecule has 0 saturated carbocycles. The Bertz CT molecular complexity index is 2280. The van der Waals surface area contributed by atoms with Crippen LogP contribution >= 0.6 is 58.0 Å². The molecule has 4 rings (SSSR count). The summed E-state index contributed by atoms with van der Waals surface area (Å²) in [5, 5.41) is 13.5. The standard InChI is InChI=1S/C43H48Cl5N5O10/c1-6-7-8-9-10-11-12-13-14-15-20-61-41(57)25(4)63-43(59)27-17-19-29(45)31(22-27)50-39(55)37(53-51-35-33(47)23(2)32(46)34(48)36(35)52-53)38(54)49-30-21-26(16-18-28(30)44)42(58)62-24(3)40(56)60-5/h16-19,21-22,24-25,37H,6-15,20H2,1-5H3,(H,49,54)(H,50,55). The van der Waals surface area contributed by atoms with Gasteiger partial charge in [-0.25, -0.2) is 19.2 Å². The van der Waals surface area contributed by atoms with Crippen LogP contribution in [0, 0.1) is 6.92 Å². The highest BCUT2D eigenvalue weighted by molar-refractivity contribution is 6.48. The van der Waals surface area contributed by atoms with E-state index in [0.717, 1.165) is 37.2 Å². The van der Waals surface area contributed by atoms with E-state index >= 15 is 0 Å². The Balaban J connectivity index is 1.51. The minimum atomic E-state index is -1.98. The highest BCUT2D eigenvalue weighted by Crippen LogP contribution is 2.38. The lowest BCUT2D eigenvalue weighted by atomic mass is 10.1. The van der Waals surface area contributed by atoms with Gasteiger partial charge in [0.2, 0.25) is 6.04 Å². The van der Waals surface area contributed by atoms with Crippen LogP contribution in [0.4, 0.5) is 11.4 Å². The van der Waals surface area contributed by atoms with Crippen LogP contribution < -0.4 is 10.6 Å². The molecule has 4 aromatic rings. The fourth-order valence-electron chi connectivity index (χ4n) is 6.10. The average Bonchev–Trinajstić information content (AvgIpc) is 3.70. The normalized spacial score (nSPS) is 12.5. The maximum atomic E-state index is 14.2. The van der Waals surface area contributed by atoms with Crippen molar-refractivity contribution in [2.24, 2.45) is 0 Å². The molecule has 0 saturated heterocycles. The summed E-state index contributed by atoms with van der Waals surface area (Å²) < 4.78 is 20.4. The molecule has 1 heterocycles. The maximum Gasteiger partial charge on any atom is 0.347 e. The van der Waals surface area contributed by atoms with E-state index in [1.54, 1.807) is 6.92 Å². The Kier molecular flexibility index (Phi) is 19.7. The molecule has 3 aromatic carbocycles. The number of carbonyl (C=O) groups is 6. The van der Waals surface area contributed by atoms with Gasteiger partial charge in [0.1, 0.15) is 11.0 Å². The van der Waals surface area contributed by atoms with E-state index in [1.807, 2.05) is 0 Å². The topological polar surface area (TPSA) is 194 Å². The molecule has 1 aromatic heterocycles. The molecule has 0 aliphatic carbocycles. The predicted molar refractivity (Wildman–Crippen MR) is 241 cm³/mol. The van der Waals surface area contributed by atoms with E-state index in [4.69, 9.17) is 72.2 Å². The van der Waals surface area contributed by atoms with Crippen molar-refractivity contribution in [3.8, 4) is 0 Å². The largest absolute Gasteiger partial charge is 0.466 e. The van der Waals surface area contributed by atoms with Crippen molar-refractivity contribution in [2.75, 3.05) is 24.4 Å². The monoisotopic (exact) mass is 969 g/mol. The molecule has 0 aliphatic rings. The summed E-state index contributed by atoms with van der Waals surface area (Å²) in [6.07, 6.45) is 8.72. The van der Waals surface area contributed by atoms with Crippen LogP contribution in [0.1, 0.15) is 117 Å². The molecule has 20 heteroatoms. The number of ether oxygens (including phenoxy) is 4. The van der Waals surface area contributed by atoms with Crippen LogP contribution in [0.15, 0.2) is 36.4 Å². The lowest BCUT2D eigenvalue weighted by Crippen LogP contribution is -2.37. The van der Waals surface area contributed by atoms with Crippen molar-refractivity contribution in [1.29, 1.82) is 0 Å². The number of aromatic nitrogens is 3. The number of carbonyl (C=O) groups excluding carboxylic acids is 6.